The molecule has 1 aliphatic rings. The molecular formula is C12H24N2O. The van der Waals surface area contributed by atoms with E-state index in [1.807, 2.05) is 4.90 Å². The monoisotopic (exact) mass is 212 g/mol. The van der Waals surface area contributed by atoms with E-state index in [9.17, 15) is 4.79 Å². The Hall–Kier alpha value is -0.570. The summed E-state index contributed by atoms with van der Waals surface area (Å²) in [5.74, 6) is 0.295. The largest absolute Gasteiger partial charge is 0.337 e. The standard InChI is InChI=1S/C12H24N2O/c1-9-8-14(10(2)7-13-9)11(15)6-12(3,4)5/h9-10,13H,6-8H2,1-5H3/t9-,10+/m1/s1. The highest BCUT2D eigenvalue weighted by Crippen LogP contribution is 2.21. The van der Waals surface area contributed by atoms with Crippen molar-refractivity contribution in [3.63, 3.8) is 0 Å². The zero-order valence-electron chi connectivity index (χ0n) is 10.6. The maximum absolute atomic E-state index is 12.1. The summed E-state index contributed by atoms with van der Waals surface area (Å²) in [6.07, 6.45) is 0.643. The Morgan fingerprint density at radius 1 is 1.40 bits per heavy atom. The number of carbonyl (C=O) groups excluding carboxylic acids is 1. The molecule has 1 fully saturated rings. The van der Waals surface area contributed by atoms with Crippen LogP contribution in [0.2, 0.25) is 0 Å². The first kappa shape index (κ1) is 12.5. The van der Waals surface area contributed by atoms with Crippen LogP contribution in [0.4, 0.5) is 0 Å². The van der Waals surface area contributed by atoms with Crippen LogP contribution in [0, 0.1) is 5.41 Å². The average molecular weight is 212 g/mol. The fraction of sp³-hybridized carbons (Fsp3) is 0.917. The molecule has 1 heterocycles. The minimum Gasteiger partial charge on any atom is -0.337 e. The van der Waals surface area contributed by atoms with E-state index >= 15 is 0 Å². The highest BCUT2D eigenvalue weighted by molar-refractivity contribution is 5.77. The van der Waals surface area contributed by atoms with Gasteiger partial charge in [-0.1, -0.05) is 20.8 Å². The Balaban J connectivity index is 2.57. The Kier molecular flexibility index (Phi) is 3.77. The molecule has 0 bridgehead atoms. The number of nitrogens with zero attached hydrogens (tertiary/aromatic N) is 1. The quantitative estimate of drug-likeness (QED) is 0.716. The number of hydrogen-bond acceptors (Lipinski definition) is 2. The zero-order chi connectivity index (χ0) is 11.6. The fourth-order valence-corrected chi connectivity index (χ4v) is 1.92. The van der Waals surface area contributed by atoms with E-state index in [2.05, 4.69) is 39.9 Å². The predicted molar refractivity (Wildman–Crippen MR) is 62.7 cm³/mol. The van der Waals surface area contributed by atoms with Gasteiger partial charge in [-0.25, -0.2) is 0 Å². The minimum absolute atomic E-state index is 0.0882. The summed E-state index contributed by atoms with van der Waals surface area (Å²) in [6, 6.07) is 0.751. The molecule has 1 aliphatic heterocycles. The molecule has 0 radical (unpaired) electrons. The van der Waals surface area contributed by atoms with Crippen molar-refractivity contribution < 1.29 is 4.79 Å². The third-order valence-corrected chi connectivity index (χ3v) is 2.77. The topological polar surface area (TPSA) is 32.3 Å². The van der Waals surface area contributed by atoms with Crippen molar-refractivity contribution in [2.75, 3.05) is 13.1 Å². The molecule has 1 saturated heterocycles. The van der Waals surface area contributed by atoms with Crippen molar-refractivity contribution in [2.24, 2.45) is 5.41 Å². The summed E-state index contributed by atoms with van der Waals surface area (Å²) in [5, 5.41) is 3.39. The molecule has 0 aromatic rings. The number of amides is 1. The average Bonchev–Trinajstić information content (AvgIpc) is 2.06. The number of nitrogens with one attached hydrogen (secondary N) is 1. The molecule has 3 nitrogen and oxygen atoms in total. The van der Waals surface area contributed by atoms with Gasteiger partial charge in [-0.05, 0) is 19.3 Å². The van der Waals surface area contributed by atoms with E-state index in [-0.39, 0.29) is 5.41 Å². The fourth-order valence-electron chi connectivity index (χ4n) is 1.92. The number of piperazine rings is 1. The SMILES string of the molecule is C[C@@H]1CN(C(=O)CC(C)(C)C)[C@@H](C)CN1. The van der Waals surface area contributed by atoms with Gasteiger partial charge in [0.15, 0.2) is 0 Å². The third kappa shape index (κ3) is 3.82. The van der Waals surface area contributed by atoms with Crippen molar-refractivity contribution in [3.05, 3.63) is 0 Å². The smallest absolute Gasteiger partial charge is 0.223 e. The lowest BCUT2D eigenvalue weighted by molar-refractivity contribution is -0.136. The maximum Gasteiger partial charge on any atom is 0.223 e. The molecule has 1 amide bonds. The molecule has 15 heavy (non-hydrogen) atoms. The van der Waals surface area contributed by atoms with Crippen LogP contribution in [0.1, 0.15) is 41.0 Å². The molecular weight excluding hydrogens is 188 g/mol. The Morgan fingerprint density at radius 3 is 2.53 bits per heavy atom. The maximum atomic E-state index is 12.1. The predicted octanol–water partition coefficient (Wildman–Crippen LogP) is 1.63. The lowest BCUT2D eigenvalue weighted by Crippen LogP contribution is -2.56. The lowest BCUT2D eigenvalue weighted by atomic mass is 9.91. The van der Waals surface area contributed by atoms with Crippen molar-refractivity contribution >= 4 is 5.91 Å². The zero-order valence-corrected chi connectivity index (χ0v) is 10.6. The molecule has 0 aliphatic carbocycles. The van der Waals surface area contributed by atoms with Crippen LogP contribution in [-0.4, -0.2) is 36.0 Å². The molecule has 2 atom stereocenters. The molecule has 0 unspecified atom stereocenters. The van der Waals surface area contributed by atoms with Crippen LogP contribution in [0.25, 0.3) is 0 Å². The van der Waals surface area contributed by atoms with Crippen LogP contribution in [-0.2, 0) is 4.79 Å². The van der Waals surface area contributed by atoms with Gasteiger partial charge in [0, 0.05) is 31.6 Å². The van der Waals surface area contributed by atoms with Gasteiger partial charge in [0.2, 0.25) is 5.91 Å². The van der Waals surface area contributed by atoms with Crippen LogP contribution in [0.3, 0.4) is 0 Å². The van der Waals surface area contributed by atoms with Crippen LogP contribution < -0.4 is 5.32 Å². The van der Waals surface area contributed by atoms with Gasteiger partial charge in [0.1, 0.15) is 0 Å². The van der Waals surface area contributed by atoms with E-state index in [1.54, 1.807) is 0 Å². The summed E-state index contributed by atoms with van der Waals surface area (Å²) in [5.41, 5.74) is 0.0882. The molecule has 1 N–H and O–H groups in total. The molecule has 1 rings (SSSR count). The van der Waals surface area contributed by atoms with Crippen molar-refractivity contribution in [1.29, 1.82) is 0 Å². The van der Waals surface area contributed by atoms with E-state index in [0.717, 1.165) is 13.1 Å². The lowest BCUT2D eigenvalue weighted by Gasteiger charge is -2.38. The van der Waals surface area contributed by atoms with Crippen LogP contribution >= 0.6 is 0 Å². The van der Waals surface area contributed by atoms with Gasteiger partial charge < -0.3 is 10.2 Å². The molecule has 0 spiro atoms. The first-order chi connectivity index (χ1) is 6.79. The summed E-state index contributed by atoms with van der Waals surface area (Å²) < 4.78 is 0. The Morgan fingerprint density at radius 2 is 2.00 bits per heavy atom. The van der Waals surface area contributed by atoms with Gasteiger partial charge >= 0.3 is 0 Å². The summed E-state index contributed by atoms with van der Waals surface area (Å²) in [4.78, 5) is 14.1. The Bertz CT molecular complexity index is 232. The van der Waals surface area contributed by atoms with Crippen LogP contribution in [0.5, 0.6) is 0 Å². The van der Waals surface area contributed by atoms with E-state index in [4.69, 9.17) is 0 Å². The summed E-state index contributed by atoms with van der Waals surface area (Å²) >= 11 is 0. The molecule has 3 heteroatoms. The molecule has 0 saturated carbocycles. The number of hydrogen-bond donors (Lipinski definition) is 1. The second kappa shape index (κ2) is 4.52. The van der Waals surface area contributed by atoms with Gasteiger partial charge in [-0.3, -0.25) is 4.79 Å². The van der Waals surface area contributed by atoms with Crippen molar-refractivity contribution in [3.8, 4) is 0 Å². The molecule has 0 aromatic carbocycles. The van der Waals surface area contributed by atoms with Gasteiger partial charge in [0.25, 0.3) is 0 Å². The number of carbonyl (C=O) groups is 1. The second-order valence-corrected chi connectivity index (χ2v) is 5.94. The van der Waals surface area contributed by atoms with Gasteiger partial charge in [0.05, 0.1) is 0 Å². The summed E-state index contributed by atoms with van der Waals surface area (Å²) in [7, 11) is 0. The van der Waals surface area contributed by atoms with Crippen molar-refractivity contribution in [2.45, 2.75) is 53.1 Å². The highest BCUT2D eigenvalue weighted by Gasteiger charge is 2.28. The third-order valence-electron chi connectivity index (χ3n) is 2.77. The van der Waals surface area contributed by atoms with Crippen molar-refractivity contribution in [1.82, 2.24) is 10.2 Å². The second-order valence-electron chi connectivity index (χ2n) is 5.94. The van der Waals surface area contributed by atoms with E-state index in [0.29, 0.717) is 24.4 Å². The van der Waals surface area contributed by atoms with E-state index < -0.39 is 0 Å². The first-order valence-corrected chi connectivity index (χ1v) is 5.82. The summed E-state index contributed by atoms with van der Waals surface area (Å²) in [6.45, 7) is 12.3. The normalized spacial score (nSPS) is 27.9. The van der Waals surface area contributed by atoms with E-state index in [1.165, 1.54) is 0 Å². The van der Waals surface area contributed by atoms with Gasteiger partial charge in [-0.2, -0.15) is 0 Å². The van der Waals surface area contributed by atoms with Gasteiger partial charge in [-0.15, -0.1) is 0 Å². The Labute approximate surface area is 93.2 Å². The highest BCUT2D eigenvalue weighted by atomic mass is 16.2. The van der Waals surface area contributed by atoms with Crippen LogP contribution in [0.15, 0.2) is 0 Å². The minimum atomic E-state index is 0.0882. The number of rotatable bonds is 1. The molecule has 88 valence electrons. The molecule has 0 aromatic heterocycles. The first-order valence-electron chi connectivity index (χ1n) is 5.82.